The minimum atomic E-state index is -0.203. The Labute approximate surface area is 131 Å². The number of hydrogen-bond acceptors (Lipinski definition) is 4. The maximum absolute atomic E-state index is 12.2. The number of halogens is 1. The van der Waals surface area contributed by atoms with E-state index in [0.29, 0.717) is 11.4 Å². The van der Waals surface area contributed by atoms with Gasteiger partial charge in [-0.2, -0.15) is 0 Å². The van der Waals surface area contributed by atoms with Gasteiger partial charge in [-0.25, -0.2) is 0 Å². The molecule has 21 heavy (non-hydrogen) atoms. The normalized spacial score (nSPS) is 14.2. The van der Waals surface area contributed by atoms with Gasteiger partial charge in [0.25, 0.3) is 5.91 Å². The van der Waals surface area contributed by atoms with Crippen LogP contribution in [0, 0.1) is 0 Å². The third-order valence-corrected chi connectivity index (χ3v) is 4.13. The topological polar surface area (TPSA) is 58.1 Å². The maximum atomic E-state index is 12.2. The van der Waals surface area contributed by atoms with Crippen LogP contribution in [0.3, 0.4) is 0 Å². The summed E-state index contributed by atoms with van der Waals surface area (Å²) in [5.74, 6) is 1.12. The fourth-order valence-corrected chi connectivity index (χ4v) is 2.80. The van der Waals surface area contributed by atoms with Crippen LogP contribution >= 0.6 is 15.9 Å². The highest BCUT2D eigenvalue weighted by Gasteiger charge is 2.14. The van der Waals surface area contributed by atoms with Crippen LogP contribution in [-0.4, -0.2) is 29.2 Å². The Hall–Kier alpha value is -1.95. The second-order valence-corrected chi connectivity index (χ2v) is 5.76. The van der Waals surface area contributed by atoms with Crippen LogP contribution in [0.1, 0.15) is 23.2 Å². The van der Waals surface area contributed by atoms with E-state index in [-0.39, 0.29) is 5.91 Å². The number of carbonyl (C=O) groups is 1. The lowest BCUT2D eigenvalue weighted by Gasteiger charge is -2.15. The monoisotopic (exact) mass is 346 g/mol. The minimum Gasteiger partial charge on any atom is -0.355 e. The number of anilines is 2. The summed E-state index contributed by atoms with van der Waals surface area (Å²) in [4.78, 5) is 14.4. The number of nitrogens with zero attached hydrogens (tertiary/aromatic N) is 3. The zero-order valence-corrected chi connectivity index (χ0v) is 13.0. The number of carbonyl (C=O) groups excluding carboxylic acids is 1. The van der Waals surface area contributed by atoms with E-state index in [1.165, 1.54) is 12.8 Å². The molecule has 1 amide bonds. The van der Waals surface area contributed by atoms with Crippen LogP contribution in [0.25, 0.3) is 0 Å². The summed E-state index contributed by atoms with van der Waals surface area (Å²) >= 11 is 3.36. The first-order chi connectivity index (χ1) is 10.2. The van der Waals surface area contributed by atoms with Crippen LogP contribution in [0.4, 0.5) is 11.6 Å². The Morgan fingerprint density at radius 1 is 1.10 bits per heavy atom. The summed E-state index contributed by atoms with van der Waals surface area (Å²) in [5, 5.41) is 11.0. The minimum absolute atomic E-state index is 0.203. The highest BCUT2D eigenvalue weighted by Crippen LogP contribution is 2.19. The summed E-state index contributed by atoms with van der Waals surface area (Å²) in [5.41, 5.74) is 0.572. The quantitative estimate of drug-likeness (QED) is 0.927. The molecule has 0 unspecified atom stereocenters. The Morgan fingerprint density at radius 3 is 2.52 bits per heavy atom. The van der Waals surface area contributed by atoms with Gasteiger partial charge in [0, 0.05) is 17.6 Å². The van der Waals surface area contributed by atoms with Gasteiger partial charge in [-0.15, -0.1) is 10.2 Å². The first-order valence-corrected chi connectivity index (χ1v) is 7.68. The van der Waals surface area contributed by atoms with Crippen molar-refractivity contribution in [1.82, 2.24) is 10.2 Å². The van der Waals surface area contributed by atoms with Crippen LogP contribution in [-0.2, 0) is 0 Å². The van der Waals surface area contributed by atoms with E-state index in [0.717, 1.165) is 23.4 Å². The molecule has 0 aliphatic carbocycles. The molecule has 0 radical (unpaired) electrons. The van der Waals surface area contributed by atoms with Crippen LogP contribution in [0.15, 0.2) is 40.9 Å². The third-order valence-electron chi connectivity index (χ3n) is 3.44. The van der Waals surface area contributed by atoms with Crippen LogP contribution in [0.5, 0.6) is 0 Å². The molecule has 0 spiro atoms. The predicted octanol–water partition coefficient (Wildman–Crippen LogP) is 3.09. The first kappa shape index (κ1) is 14.0. The van der Waals surface area contributed by atoms with E-state index in [4.69, 9.17) is 0 Å². The molecule has 2 heterocycles. The molecular formula is C15H15BrN4O. The first-order valence-electron chi connectivity index (χ1n) is 6.88. The molecule has 1 saturated heterocycles. The van der Waals surface area contributed by atoms with Crippen molar-refractivity contribution in [2.45, 2.75) is 12.8 Å². The van der Waals surface area contributed by atoms with Crippen molar-refractivity contribution in [3.8, 4) is 0 Å². The molecule has 1 aromatic carbocycles. The van der Waals surface area contributed by atoms with Crippen molar-refractivity contribution >= 4 is 33.5 Å². The summed E-state index contributed by atoms with van der Waals surface area (Å²) in [7, 11) is 0. The third kappa shape index (κ3) is 3.21. The van der Waals surface area contributed by atoms with E-state index >= 15 is 0 Å². The molecular weight excluding hydrogens is 332 g/mol. The average molecular weight is 347 g/mol. The number of amides is 1. The van der Waals surface area contributed by atoms with E-state index in [1.54, 1.807) is 12.1 Å². The summed E-state index contributed by atoms with van der Waals surface area (Å²) in [6.07, 6.45) is 2.39. The van der Waals surface area contributed by atoms with Gasteiger partial charge >= 0.3 is 0 Å². The zero-order chi connectivity index (χ0) is 14.7. The molecule has 6 heteroatoms. The zero-order valence-electron chi connectivity index (χ0n) is 11.4. The van der Waals surface area contributed by atoms with Gasteiger partial charge < -0.3 is 10.2 Å². The van der Waals surface area contributed by atoms with E-state index in [1.807, 2.05) is 24.3 Å². The molecule has 1 aliphatic heterocycles. The summed E-state index contributed by atoms with van der Waals surface area (Å²) < 4.78 is 0.754. The Bertz CT molecular complexity index is 638. The van der Waals surface area contributed by atoms with Crippen molar-refractivity contribution in [2.24, 2.45) is 0 Å². The molecule has 0 atom stereocenters. The van der Waals surface area contributed by atoms with Gasteiger partial charge in [-0.05, 0) is 53.0 Å². The molecule has 2 aromatic rings. The Kier molecular flexibility index (Phi) is 4.15. The van der Waals surface area contributed by atoms with Crippen molar-refractivity contribution in [2.75, 3.05) is 23.3 Å². The molecule has 1 N–H and O–H groups in total. The standard InChI is InChI=1S/C15H15BrN4O/c16-12-6-2-1-5-11(12)15(21)17-13-7-8-14(19-18-13)20-9-3-4-10-20/h1-2,5-8H,3-4,9-10H2,(H,17,18,21). The fraction of sp³-hybridized carbons (Fsp3) is 0.267. The number of benzene rings is 1. The van der Waals surface area contributed by atoms with Crippen molar-refractivity contribution < 1.29 is 4.79 Å². The van der Waals surface area contributed by atoms with E-state index in [9.17, 15) is 4.79 Å². The maximum Gasteiger partial charge on any atom is 0.258 e. The molecule has 0 bridgehead atoms. The Morgan fingerprint density at radius 2 is 1.86 bits per heavy atom. The summed E-state index contributed by atoms with van der Waals surface area (Å²) in [6, 6.07) is 11.0. The van der Waals surface area contributed by atoms with Crippen molar-refractivity contribution in [3.63, 3.8) is 0 Å². The lowest BCUT2D eigenvalue weighted by atomic mass is 10.2. The van der Waals surface area contributed by atoms with Gasteiger partial charge in [-0.3, -0.25) is 4.79 Å². The second-order valence-electron chi connectivity index (χ2n) is 4.90. The molecule has 1 aliphatic rings. The number of nitrogens with one attached hydrogen (secondary N) is 1. The smallest absolute Gasteiger partial charge is 0.258 e. The van der Waals surface area contributed by atoms with E-state index in [2.05, 4.69) is 36.3 Å². The SMILES string of the molecule is O=C(Nc1ccc(N2CCCC2)nn1)c1ccccc1Br. The van der Waals surface area contributed by atoms with Gasteiger partial charge in [0.15, 0.2) is 11.6 Å². The van der Waals surface area contributed by atoms with Crippen LogP contribution in [0.2, 0.25) is 0 Å². The molecule has 1 fully saturated rings. The fourth-order valence-electron chi connectivity index (χ4n) is 2.34. The molecule has 3 rings (SSSR count). The van der Waals surface area contributed by atoms with Gasteiger partial charge in [0.05, 0.1) is 5.56 Å². The van der Waals surface area contributed by atoms with Gasteiger partial charge in [0.1, 0.15) is 0 Å². The molecule has 5 nitrogen and oxygen atoms in total. The highest BCUT2D eigenvalue weighted by atomic mass is 79.9. The number of rotatable bonds is 3. The van der Waals surface area contributed by atoms with Gasteiger partial charge in [-0.1, -0.05) is 12.1 Å². The highest BCUT2D eigenvalue weighted by molar-refractivity contribution is 9.10. The van der Waals surface area contributed by atoms with E-state index < -0.39 is 0 Å². The van der Waals surface area contributed by atoms with Crippen molar-refractivity contribution in [1.29, 1.82) is 0 Å². The molecule has 1 aromatic heterocycles. The summed E-state index contributed by atoms with van der Waals surface area (Å²) in [6.45, 7) is 2.05. The Balaban J connectivity index is 1.70. The van der Waals surface area contributed by atoms with Gasteiger partial charge in [0.2, 0.25) is 0 Å². The lowest BCUT2D eigenvalue weighted by molar-refractivity contribution is 0.102. The molecule has 108 valence electrons. The number of aromatic nitrogens is 2. The van der Waals surface area contributed by atoms with Crippen LogP contribution < -0.4 is 10.2 Å². The second kappa shape index (κ2) is 6.22. The average Bonchev–Trinajstić information content (AvgIpc) is 3.02. The van der Waals surface area contributed by atoms with Crippen molar-refractivity contribution in [3.05, 3.63) is 46.4 Å². The largest absolute Gasteiger partial charge is 0.355 e. The molecule has 0 saturated carbocycles. The predicted molar refractivity (Wildman–Crippen MR) is 85.6 cm³/mol. The lowest BCUT2D eigenvalue weighted by Crippen LogP contribution is -2.20. The number of hydrogen-bond donors (Lipinski definition) is 1.